The van der Waals surface area contributed by atoms with E-state index in [0.717, 1.165) is 18.0 Å². The maximum atomic E-state index is 13.7. The first-order valence-electron chi connectivity index (χ1n) is 7.38. The average molecular weight is 279 g/mol. The molecule has 0 spiro atoms. The van der Waals surface area contributed by atoms with Crippen LogP contribution in [0.2, 0.25) is 0 Å². The lowest BCUT2D eigenvalue weighted by molar-refractivity contribution is 0.143. The van der Waals surface area contributed by atoms with Crippen molar-refractivity contribution in [1.29, 1.82) is 0 Å². The summed E-state index contributed by atoms with van der Waals surface area (Å²) in [5.41, 5.74) is 0.900. The van der Waals surface area contributed by atoms with Crippen LogP contribution in [0.25, 0.3) is 0 Å². The van der Waals surface area contributed by atoms with Crippen LogP contribution in [0.5, 0.6) is 0 Å². The molecule has 0 aliphatic carbocycles. The van der Waals surface area contributed by atoms with Crippen molar-refractivity contribution in [2.45, 2.75) is 31.7 Å². The van der Waals surface area contributed by atoms with Gasteiger partial charge in [0.05, 0.1) is 0 Å². The van der Waals surface area contributed by atoms with Gasteiger partial charge >= 0.3 is 0 Å². The first-order chi connectivity index (χ1) is 9.33. The normalized spacial score (nSPS) is 25.8. The number of rotatable bonds is 3. The fourth-order valence-corrected chi connectivity index (χ4v) is 4.56. The van der Waals surface area contributed by atoms with E-state index in [-0.39, 0.29) is 5.82 Å². The highest BCUT2D eigenvalue weighted by molar-refractivity contribution is 7.99. The van der Waals surface area contributed by atoms with Crippen molar-refractivity contribution in [2.24, 2.45) is 5.92 Å². The molecule has 19 heavy (non-hydrogen) atoms. The van der Waals surface area contributed by atoms with Gasteiger partial charge in [-0.15, -0.1) is 0 Å². The van der Waals surface area contributed by atoms with Gasteiger partial charge < -0.3 is 0 Å². The number of likely N-dealkylation sites (tertiary alicyclic amines) is 1. The second-order valence-electron chi connectivity index (χ2n) is 5.79. The molecule has 2 fully saturated rings. The minimum Gasteiger partial charge on any atom is -0.300 e. The van der Waals surface area contributed by atoms with Crippen LogP contribution in [-0.4, -0.2) is 35.5 Å². The van der Waals surface area contributed by atoms with Gasteiger partial charge in [0, 0.05) is 11.8 Å². The largest absolute Gasteiger partial charge is 0.300 e. The van der Waals surface area contributed by atoms with E-state index in [0.29, 0.717) is 5.92 Å². The van der Waals surface area contributed by atoms with E-state index in [1.54, 1.807) is 12.1 Å². The van der Waals surface area contributed by atoms with Crippen LogP contribution in [0.1, 0.15) is 24.8 Å². The fourth-order valence-electron chi connectivity index (χ4n) is 3.31. The summed E-state index contributed by atoms with van der Waals surface area (Å²) in [5.74, 6) is 3.29. The molecule has 1 atom stereocenters. The standard InChI is InChI=1S/C16H22FNS/c17-16-4-2-1-3-14(16)11-13-5-8-18(9-6-13)15-7-10-19-12-15/h1-4,13,15H,5-12H2. The molecule has 0 aromatic heterocycles. The smallest absolute Gasteiger partial charge is 0.126 e. The molecule has 1 aromatic rings. The molecule has 2 saturated heterocycles. The van der Waals surface area contributed by atoms with Crippen molar-refractivity contribution in [3.05, 3.63) is 35.6 Å². The number of piperidine rings is 1. The Morgan fingerprint density at radius 2 is 1.95 bits per heavy atom. The van der Waals surface area contributed by atoms with Gasteiger partial charge in [0.25, 0.3) is 0 Å². The zero-order chi connectivity index (χ0) is 13.1. The number of hydrogen-bond donors (Lipinski definition) is 0. The minimum absolute atomic E-state index is 0.0304. The Morgan fingerprint density at radius 1 is 1.16 bits per heavy atom. The Labute approximate surface area is 119 Å². The Morgan fingerprint density at radius 3 is 2.63 bits per heavy atom. The highest BCUT2D eigenvalue weighted by atomic mass is 32.2. The topological polar surface area (TPSA) is 3.24 Å². The molecule has 0 radical (unpaired) electrons. The van der Waals surface area contributed by atoms with Crippen LogP contribution in [0, 0.1) is 11.7 Å². The zero-order valence-corrected chi connectivity index (χ0v) is 12.2. The van der Waals surface area contributed by atoms with Crippen LogP contribution in [0.15, 0.2) is 24.3 Å². The number of nitrogens with zero attached hydrogens (tertiary/aromatic N) is 1. The summed E-state index contributed by atoms with van der Waals surface area (Å²) in [6.45, 7) is 2.43. The molecule has 0 N–H and O–H groups in total. The van der Waals surface area contributed by atoms with Gasteiger partial charge in [-0.05, 0) is 62.1 Å². The Balaban J connectivity index is 1.51. The third kappa shape index (κ3) is 3.32. The summed E-state index contributed by atoms with van der Waals surface area (Å²) in [5, 5.41) is 0. The quantitative estimate of drug-likeness (QED) is 0.832. The predicted octanol–water partition coefficient (Wildman–Crippen LogP) is 3.59. The van der Waals surface area contributed by atoms with E-state index in [4.69, 9.17) is 0 Å². The fraction of sp³-hybridized carbons (Fsp3) is 0.625. The second-order valence-corrected chi connectivity index (χ2v) is 6.94. The molecular weight excluding hydrogens is 257 g/mol. The third-order valence-electron chi connectivity index (χ3n) is 4.54. The predicted molar refractivity (Wildman–Crippen MR) is 80.1 cm³/mol. The molecular formula is C16H22FNS. The summed E-state index contributed by atoms with van der Waals surface area (Å²) in [6, 6.07) is 8.07. The van der Waals surface area contributed by atoms with Crippen molar-refractivity contribution in [3.8, 4) is 0 Å². The molecule has 0 amide bonds. The minimum atomic E-state index is -0.0304. The molecule has 2 aliphatic heterocycles. The molecule has 1 aromatic carbocycles. The van der Waals surface area contributed by atoms with E-state index < -0.39 is 0 Å². The molecule has 104 valence electrons. The average Bonchev–Trinajstić information content (AvgIpc) is 2.96. The third-order valence-corrected chi connectivity index (χ3v) is 5.68. The van der Waals surface area contributed by atoms with Crippen molar-refractivity contribution in [2.75, 3.05) is 24.6 Å². The van der Waals surface area contributed by atoms with Gasteiger partial charge in [0.15, 0.2) is 0 Å². The van der Waals surface area contributed by atoms with E-state index in [2.05, 4.69) is 16.7 Å². The van der Waals surface area contributed by atoms with Crippen LogP contribution >= 0.6 is 11.8 Å². The summed E-state index contributed by atoms with van der Waals surface area (Å²) >= 11 is 2.09. The molecule has 0 saturated carbocycles. The van der Waals surface area contributed by atoms with Gasteiger partial charge in [-0.1, -0.05) is 18.2 Å². The molecule has 3 rings (SSSR count). The Hall–Kier alpha value is -0.540. The summed E-state index contributed by atoms with van der Waals surface area (Å²) in [4.78, 5) is 2.66. The monoisotopic (exact) mass is 279 g/mol. The summed E-state index contributed by atoms with van der Waals surface area (Å²) in [6.07, 6.45) is 4.74. The highest BCUT2D eigenvalue weighted by Gasteiger charge is 2.27. The van der Waals surface area contributed by atoms with Crippen LogP contribution in [0.4, 0.5) is 4.39 Å². The molecule has 0 bridgehead atoms. The SMILES string of the molecule is Fc1ccccc1CC1CCN(C2CCSC2)CC1. The van der Waals surface area contributed by atoms with Crippen LogP contribution in [0.3, 0.4) is 0 Å². The summed E-state index contributed by atoms with van der Waals surface area (Å²) < 4.78 is 13.7. The van der Waals surface area contributed by atoms with E-state index in [1.165, 1.54) is 43.9 Å². The van der Waals surface area contributed by atoms with Gasteiger partial charge in [0.1, 0.15) is 5.82 Å². The molecule has 3 heteroatoms. The first kappa shape index (κ1) is 13.4. The number of thioether (sulfide) groups is 1. The maximum absolute atomic E-state index is 13.7. The van der Waals surface area contributed by atoms with Gasteiger partial charge in [-0.2, -0.15) is 11.8 Å². The van der Waals surface area contributed by atoms with Crippen molar-refractivity contribution < 1.29 is 4.39 Å². The number of halogens is 1. The van der Waals surface area contributed by atoms with Gasteiger partial charge in [-0.3, -0.25) is 4.90 Å². The Kier molecular flexibility index (Phi) is 4.44. The second kappa shape index (κ2) is 6.27. The highest BCUT2D eigenvalue weighted by Crippen LogP contribution is 2.28. The van der Waals surface area contributed by atoms with Crippen molar-refractivity contribution in [3.63, 3.8) is 0 Å². The van der Waals surface area contributed by atoms with E-state index >= 15 is 0 Å². The van der Waals surface area contributed by atoms with E-state index in [1.807, 2.05) is 12.1 Å². The van der Waals surface area contributed by atoms with E-state index in [9.17, 15) is 4.39 Å². The van der Waals surface area contributed by atoms with Crippen LogP contribution < -0.4 is 0 Å². The first-order valence-corrected chi connectivity index (χ1v) is 8.53. The zero-order valence-electron chi connectivity index (χ0n) is 11.4. The molecule has 2 heterocycles. The number of hydrogen-bond acceptors (Lipinski definition) is 2. The van der Waals surface area contributed by atoms with Gasteiger partial charge in [-0.25, -0.2) is 4.39 Å². The van der Waals surface area contributed by atoms with Crippen molar-refractivity contribution >= 4 is 11.8 Å². The molecule has 1 unspecified atom stereocenters. The molecule has 1 nitrogen and oxygen atoms in total. The number of benzene rings is 1. The Bertz CT molecular complexity index is 409. The lowest BCUT2D eigenvalue weighted by Crippen LogP contribution is -2.41. The lowest BCUT2D eigenvalue weighted by Gasteiger charge is -2.35. The molecule has 2 aliphatic rings. The van der Waals surface area contributed by atoms with Crippen molar-refractivity contribution in [1.82, 2.24) is 4.90 Å². The van der Waals surface area contributed by atoms with Crippen LogP contribution in [-0.2, 0) is 6.42 Å². The lowest BCUT2D eigenvalue weighted by atomic mass is 9.89. The maximum Gasteiger partial charge on any atom is 0.126 e. The van der Waals surface area contributed by atoms with Gasteiger partial charge in [0.2, 0.25) is 0 Å². The summed E-state index contributed by atoms with van der Waals surface area (Å²) in [7, 11) is 0.